The van der Waals surface area contributed by atoms with Crippen LogP contribution in [-0.2, 0) is 0 Å². The molecule has 0 amide bonds. The van der Waals surface area contributed by atoms with Gasteiger partial charge < -0.3 is 24.7 Å². The highest BCUT2D eigenvalue weighted by Gasteiger charge is 2.14. The molecule has 0 saturated carbocycles. The average molecular weight is 579 g/mol. The van der Waals surface area contributed by atoms with Gasteiger partial charge >= 0.3 is 0 Å². The Morgan fingerprint density at radius 1 is 0.432 bits per heavy atom. The van der Waals surface area contributed by atoms with Crippen molar-refractivity contribution in [3.8, 4) is 16.9 Å². The Morgan fingerprint density at radius 2 is 0.750 bits per heavy atom. The van der Waals surface area contributed by atoms with Gasteiger partial charge in [0.2, 0.25) is 0 Å². The second-order valence-electron chi connectivity index (χ2n) is 10.4. The maximum absolute atomic E-state index is 9.61. The summed E-state index contributed by atoms with van der Waals surface area (Å²) in [5, 5.41) is 18.7. The van der Waals surface area contributed by atoms with Crippen molar-refractivity contribution in [3.05, 3.63) is 164 Å². The number of nitrogens with zero attached hydrogens (tertiary/aromatic N) is 2. The monoisotopic (exact) mass is 578 g/mol. The highest BCUT2D eigenvalue weighted by atomic mass is 16.5. The molecule has 0 spiro atoms. The van der Waals surface area contributed by atoms with E-state index in [1.165, 1.54) is 0 Å². The van der Waals surface area contributed by atoms with Crippen molar-refractivity contribution in [1.82, 2.24) is 0 Å². The van der Waals surface area contributed by atoms with Crippen LogP contribution in [0, 0.1) is 0 Å². The molecule has 2 N–H and O–H groups in total. The third-order valence-corrected chi connectivity index (χ3v) is 7.38. The smallest absolute Gasteiger partial charge is 0.119 e. The molecule has 0 aliphatic heterocycles. The first-order valence-electron chi connectivity index (χ1n) is 14.7. The molecule has 1 atom stereocenters. The number of para-hydroxylation sites is 3. The van der Waals surface area contributed by atoms with Crippen molar-refractivity contribution in [2.24, 2.45) is 0 Å². The van der Waals surface area contributed by atoms with Crippen molar-refractivity contribution in [2.75, 3.05) is 23.0 Å². The molecule has 44 heavy (non-hydrogen) atoms. The van der Waals surface area contributed by atoms with Crippen molar-refractivity contribution in [3.63, 3.8) is 0 Å². The van der Waals surface area contributed by atoms with E-state index in [2.05, 4.69) is 119 Å². The molecular weight excluding hydrogens is 544 g/mol. The molecule has 0 aliphatic carbocycles. The number of benzene rings is 6. The number of aliphatic hydroxyl groups is 2. The molecule has 0 aliphatic rings. The molecule has 0 bridgehead atoms. The van der Waals surface area contributed by atoms with Crippen LogP contribution >= 0.6 is 0 Å². The second-order valence-corrected chi connectivity index (χ2v) is 10.4. The third kappa shape index (κ3) is 6.65. The van der Waals surface area contributed by atoms with Gasteiger partial charge in [0, 0.05) is 34.1 Å². The zero-order valence-corrected chi connectivity index (χ0v) is 24.3. The molecule has 5 nitrogen and oxygen atoms in total. The molecule has 6 aromatic rings. The minimum absolute atomic E-state index is 0.0389. The molecular formula is C39H34N2O3. The van der Waals surface area contributed by atoms with Gasteiger partial charge in [-0.25, -0.2) is 0 Å². The van der Waals surface area contributed by atoms with E-state index >= 15 is 0 Å². The summed E-state index contributed by atoms with van der Waals surface area (Å²) in [6.45, 7) is -0.295. The maximum Gasteiger partial charge on any atom is 0.119 e. The molecule has 218 valence electrons. The number of hydrogen-bond donors (Lipinski definition) is 2. The SMILES string of the molecule is OCC(O)COc1ccc(N(c2ccccc2)c2ccc(-c3ccc(N(c4ccccc4)c4ccccc4)cc3)cc2)cc1. The van der Waals surface area contributed by atoms with Crippen LogP contribution in [0.25, 0.3) is 11.1 Å². The molecule has 0 aromatic heterocycles. The Hall–Kier alpha value is -5.36. The Balaban J connectivity index is 1.26. The number of rotatable bonds is 11. The van der Waals surface area contributed by atoms with Crippen LogP contribution in [0.1, 0.15) is 0 Å². The van der Waals surface area contributed by atoms with Crippen LogP contribution in [0.15, 0.2) is 164 Å². The van der Waals surface area contributed by atoms with Gasteiger partial charge in [-0.15, -0.1) is 0 Å². The number of hydrogen-bond acceptors (Lipinski definition) is 5. The van der Waals surface area contributed by atoms with Crippen LogP contribution in [-0.4, -0.2) is 29.5 Å². The zero-order chi connectivity index (χ0) is 30.1. The highest BCUT2D eigenvalue weighted by molar-refractivity contribution is 5.80. The van der Waals surface area contributed by atoms with E-state index in [0.29, 0.717) is 5.75 Å². The fourth-order valence-corrected chi connectivity index (χ4v) is 5.17. The maximum atomic E-state index is 9.61. The summed E-state index contributed by atoms with van der Waals surface area (Å²) in [5.41, 5.74) is 8.63. The van der Waals surface area contributed by atoms with Crippen LogP contribution in [0.5, 0.6) is 5.75 Å². The standard InChI is InChI=1S/C39H34N2O3/c42-28-38(43)29-44-39-26-24-37(25-27-39)41(34-14-8-3-9-15-34)36-22-18-31(19-23-36)30-16-20-35(21-17-30)40(32-10-4-1-5-11-32)33-12-6-2-7-13-33/h1-27,38,42-43H,28-29H2. The molecule has 5 heteroatoms. The van der Waals surface area contributed by atoms with Gasteiger partial charge in [-0.05, 0) is 96.1 Å². The van der Waals surface area contributed by atoms with Crippen molar-refractivity contribution < 1.29 is 14.9 Å². The van der Waals surface area contributed by atoms with Gasteiger partial charge in [-0.1, -0.05) is 78.9 Å². The van der Waals surface area contributed by atoms with Gasteiger partial charge in [-0.3, -0.25) is 0 Å². The Morgan fingerprint density at radius 3 is 1.09 bits per heavy atom. The summed E-state index contributed by atoms with van der Waals surface area (Å²) in [4.78, 5) is 4.45. The van der Waals surface area contributed by atoms with E-state index < -0.39 is 6.10 Å². The van der Waals surface area contributed by atoms with E-state index in [4.69, 9.17) is 9.84 Å². The summed E-state index contributed by atoms with van der Waals surface area (Å²) in [7, 11) is 0. The van der Waals surface area contributed by atoms with E-state index in [0.717, 1.165) is 45.3 Å². The number of ether oxygens (including phenoxy) is 1. The van der Waals surface area contributed by atoms with E-state index in [9.17, 15) is 5.11 Å². The van der Waals surface area contributed by atoms with Crippen LogP contribution in [0.3, 0.4) is 0 Å². The first-order valence-corrected chi connectivity index (χ1v) is 14.7. The third-order valence-electron chi connectivity index (χ3n) is 7.38. The molecule has 0 radical (unpaired) electrons. The summed E-state index contributed by atoms with van der Waals surface area (Å²) < 4.78 is 5.61. The summed E-state index contributed by atoms with van der Waals surface area (Å²) in [5.74, 6) is 0.631. The van der Waals surface area contributed by atoms with Gasteiger partial charge in [-0.2, -0.15) is 0 Å². The molecule has 0 fully saturated rings. The summed E-state index contributed by atoms with van der Waals surface area (Å²) in [6.07, 6.45) is -0.906. The fraction of sp³-hybridized carbons (Fsp3) is 0.0769. The van der Waals surface area contributed by atoms with Crippen LogP contribution < -0.4 is 14.5 Å². The molecule has 6 aromatic carbocycles. The predicted octanol–water partition coefficient (Wildman–Crippen LogP) is 9.03. The molecule has 0 saturated heterocycles. The fourth-order valence-electron chi connectivity index (χ4n) is 5.17. The minimum atomic E-state index is -0.906. The lowest BCUT2D eigenvalue weighted by Crippen LogP contribution is -2.21. The minimum Gasteiger partial charge on any atom is -0.491 e. The highest BCUT2D eigenvalue weighted by Crippen LogP contribution is 2.38. The van der Waals surface area contributed by atoms with Crippen molar-refractivity contribution in [2.45, 2.75) is 6.10 Å². The molecule has 1 unspecified atom stereocenters. The van der Waals surface area contributed by atoms with Gasteiger partial charge in [0.05, 0.1) is 6.61 Å². The molecule has 0 heterocycles. The largest absolute Gasteiger partial charge is 0.491 e. The van der Waals surface area contributed by atoms with Crippen molar-refractivity contribution in [1.29, 1.82) is 0 Å². The average Bonchev–Trinajstić information content (AvgIpc) is 3.10. The normalized spacial score (nSPS) is 11.5. The van der Waals surface area contributed by atoms with E-state index in [1.54, 1.807) is 0 Å². The zero-order valence-electron chi connectivity index (χ0n) is 24.3. The van der Waals surface area contributed by atoms with E-state index in [-0.39, 0.29) is 13.2 Å². The number of aliphatic hydroxyl groups excluding tert-OH is 2. The summed E-state index contributed by atoms with van der Waals surface area (Å²) >= 11 is 0. The summed E-state index contributed by atoms with van der Waals surface area (Å²) in [6, 6.07) is 56.0. The van der Waals surface area contributed by atoms with Gasteiger partial charge in [0.15, 0.2) is 0 Å². The number of anilines is 6. The molecule has 6 rings (SSSR count). The first kappa shape index (κ1) is 28.7. The first-order chi connectivity index (χ1) is 21.7. The second kappa shape index (κ2) is 13.7. The Kier molecular flexibility index (Phi) is 8.98. The van der Waals surface area contributed by atoms with E-state index in [1.807, 2.05) is 54.6 Å². The Bertz CT molecular complexity index is 1690. The lowest BCUT2D eigenvalue weighted by Gasteiger charge is -2.26. The quantitative estimate of drug-likeness (QED) is 0.161. The topological polar surface area (TPSA) is 56.2 Å². The Labute approximate surface area is 258 Å². The lowest BCUT2D eigenvalue weighted by atomic mass is 10.0. The predicted molar refractivity (Wildman–Crippen MR) is 180 cm³/mol. The lowest BCUT2D eigenvalue weighted by molar-refractivity contribution is 0.0536. The van der Waals surface area contributed by atoms with Crippen molar-refractivity contribution >= 4 is 34.1 Å². The van der Waals surface area contributed by atoms with Crippen LogP contribution in [0.4, 0.5) is 34.1 Å². The van der Waals surface area contributed by atoms with Gasteiger partial charge in [0.25, 0.3) is 0 Å². The van der Waals surface area contributed by atoms with Gasteiger partial charge in [0.1, 0.15) is 18.5 Å². The van der Waals surface area contributed by atoms with Crippen LogP contribution in [0.2, 0.25) is 0 Å².